The van der Waals surface area contributed by atoms with Crippen LogP contribution in [0.2, 0.25) is 0 Å². The molecule has 10 rings (SSSR count). The van der Waals surface area contributed by atoms with Crippen LogP contribution in [0.1, 0.15) is 31.4 Å². The molecule has 0 atom stereocenters. The van der Waals surface area contributed by atoms with Gasteiger partial charge in [-0.05, 0) is 79.6 Å². The monoisotopic (exact) mass is 631 g/mol. The Morgan fingerprint density at radius 1 is 0.625 bits per heavy atom. The second-order valence-corrected chi connectivity index (χ2v) is 14.9. The summed E-state index contributed by atoms with van der Waals surface area (Å²) in [7, 11) is 0. The van der Waals surface area contributed by atoms with E-state index in [0.717, 1.165) is 12.0 Å². The first-order valence-electron chi connectivity index (χ1n) is 16.8. The summed E-state index contributed by atoms with van der Waals surface area (Å²) in [4.78, 5) is 0. The van der Waals surface area contributed by atoms with Crippen molar-refractivity contribution >= 4 is 91.2 Å². The highest BCUT2D eigenvalue weighted by molar-refractivity contribution is 7.26. The molecule has 2 heteroatoms. The number of allylic oxidation sites excluding steroid dienone is 5. The maximum Gasteiger partial charge on any atom is 0.0592 e. The molecule has 0 amide bonds. The van der Waals surface area contributed by atoms with Crippen molar-refractivity contribution in [2.75, 3.05) is 0 Å². The molecule has 2 aromatic heterocycles. The molecule has 0 N–H and O–H groups in total. The van der Waals surface area contributed by atoms with Crippen LogP contribution in [0.5, 0.6) is 0 Å². The van der Waals surface area contributed by atoms with Gasteiger partial charge in [-0.25, -0.2) is 0 Å². The van der Waals surface area contributed by atoms with Crippen molar-refractivity contribution in [2.45, 2.75) is 25.7 Å². The Balaban J connectivity index is 1.46. The molecule has 7 aromatic carbocycles. The SMILES string of the molecule is C=C1/C=C\C=C/CC(C)(C)c2c1c1sc3ccccc3c1c1c3ccccc3n(-c3ccc4c5ccccc5c5ccccc5c4c3)c21. The minimum Gasteiger partial charge on any atom is -0.309 e. The van der Waals surface area contributed by atoms with Gasteiger partial charge in [0.1, 0.15) is 0 Å². The van der Waals surface area contributed by atoms with E-state index in [0.29, 0.717) is 0 Å². The highest BCUT2D eigenvalue weighted by Gasteiger charge is 2.33. The smallest absolute Gasteiger partial charge is 0.0592 e. The van der Waals surface area contributed by atoms with Crippen molar-refractivity contribution < 1.29 is 0 Å². The number of hydrogen-bond acceptors (Lipinski definition) is 1. The number of para-hydroxylation sites is 1. The van der Waals surface area contributed by atoms with E-state index in [1.807, 2.05) is 11.3 Å². The summed E-state index contributed by atoms with van der Waals surface area (Å²) >= 11 is 1.91. The van der Waals surface area contributed by atoms with Gasteiger partial charge in [0.2, 0.25) is 0 Å². The van der Waals surface area contributed by atoms with E-state index in [1.165, 1.54) is 91.1 Å². The van der Waals surface area contributed by atoms with Crippen LogP contribution in [0.25, 0.3) is 85.6 Å². The van der Waals surface area contributed by atoms with Crippen LogP contribution in [0.4, 0.5) is 0 Å². The molecule has 2 heterocycles. The molecule has 0 radical (unpaired) electrons. The van der Waals surface area contributed by atoms with E-state index >= 15 is 0 Å². The molecule has 0 saturated heterocycles. The predicted octanol–water partition coefficient (Wildman–Crippen LogP) is 13.4. The number of benzene rings is 7. The van der Waals surface area contributed by atoms with Gasteiger partial charge in [-0.15, -0.1) is 11.3 Å². The van der Waals surface area contributed by atoms with E-state index in [1.54, 1.807) is 0 Å². The number of aromatic nitrogens is 1. The highest BCUT2D eigenvalue weighted by Crippen LogP contribution is 2.52. The third-order valence-corrected chi connectivity index (χ3v) is 11.8. The lowest BCUT2D eigenvalue weighted by Crippen LogP contribution is -2.20. The third-order valence-electron chi connectivity index (χ3n) is 10.6. The largest absolute Gasteiger partial charge is 0.309 e. The zero-order chi connectivity index (χ0) is 32.1. The molecule has 0 unspecified atom stereocenters. The van der Waals surface area contributed by atoms with Crippen LogP contribution in [0.15, 0.2) is 146 Å². The van der Waals surface area contributed by atoms with Crippen molar-refractivity contribution in [3.05, 3.63) is 157 Å². The first-order chi connectivity index (χ1) is 23.5. The summed E-state index contributed by atoms with van der Waals surface area (Å²) in [6.07, 6.45) is 9.80. The lowest BCUT2D eigenvalue weighted by Gasteiger charge is -2.29. The molecule has 1 aliphatic rings. The minimum absolute atomic E-state index is 0.157. The zero-order valence-corrected chi connectivity index (χ0v) is 27.9. The Bertz CT molecular complexity index is 2870. The summed E-state index contributed by atoms with van der Waals surface area (Å²) in [5, 5.41) is 13.0. The lowest BCUT2D eigenvalue weighted by molar-refractivity contribution is 0.537. The van der Waals surface area contributed by atoms with Crippen molar-refractivity contribution in [1.29, 1.82) is 0 Å². The van der Waals surface area contributed by atoms with Gasteiger partial charge in [0.15, 0.2) is 0 Å². The lowest BCUT2D eigenvalue weighted by atomic mass is 9.76. The van der Waals surface area contributed by atoms with Crippen LogP contribution in [-0.4, -0.2) is 4.57 Å². The van der Waals surface area contributed by atoms with Crippen molar-refractivity contribution in [1.82, 2.24) is 4.57 Å². The normalized spacial score (nSPS) is 16.2. The minimum atomic E-state index is -0.157. The highest BCUT2D eigenvalue weighted by atomic mass is 32.1. The van der Waals surface area contributed by atoms with E-state index in [4.69, 9.17) is 6.58 Å². The van der Waals surface area contributed by atoms with Gasteiger partial charge in [-0.3, -0.25) is 0 Å². The molecule has 0 saturated carbocycles. The quantitative estimate of drug-likeness (QED) is 0.159. The summed E-state index contributed by atoms with van der Waals surface area (Å²) in [5.74, 6) is 0. The van der Waals surface area contributed by atoms with Crippen molar-refractivity contribution in [3.63, 3.8) is 0 Å². The number of thiophene rings is 1. The Labute approximate surface area is 283 Å². The molecule has 0 aliphatic heterocycles. The maximum atomic E-state index is 4.73. The standard InChI is InChI=1S/C46H33NS/c1-28-15-5-4-14-26-46(2,3)43-40(28)45-42(36-21-11-13-23-39(36)48-45)41-35-20-10-12-22-38(35)47(44(41)43)29-24-25-34-32-18-7-6-16-30(32)31-17-8-9-19-33(31)37(34)27-29/h4-25,27H,1,26H2,2-3H3/b14-4-,15-5-. The molecular formula is C46H33NS. The van der Waals surface area contributed by atoms with Gasteiger partial charge in [0.05, 0.1) is 11.0 Å². The molecule has 48 heavy (non-hydrogen) atoms. The van der Waals surface area contributed by atoms with Gasteiger partial charge >= 0.3 is 0 Å². The van der Waals surface area contributed by atoms with Crippen molar-refractivity contribution in [3.8, 4) is 5.69 Å². The van der Waals surface area contributed by atoms with Crippen LogP contribution < -0.4 is 0 Å². The van der Waals surface area contributed by atoms with Gasteiger partial charge in [-0.1, -0.05) is 136 Å². The summed E-state index contributed by atoms with van der Waals surface area (Å²) in [6, 6.07) is 42.8. The molecule has 1 nitrogen and oxygen atoms in total. The summed E-state index contributed by atoms with van der Waals surface area (Å²) in [6.45, 7) is 9.55. The zero-order valence-electron chi connectivity index (χ0n) is 27.0. The fourth-order valence-electron chi connectivity index (χ4n) is 8.50. The first kappa shape index (κ1) is 27.7. The topological polar surface area (TPSA) is 4.93 Å². The van der Waals surface area contributed by atoms with E-state index < -0.39 is 0 Å². The number of rotatable bonds is 1. The predicted molar refractivity (Wildman–Crippen MR) is 211 cm³/mol. The van der Waals surface area contributed by atoms with Crippen LogP contribution >= 0.6 is 11.3 Å². The Hall–Kier alpha value is -5.44. The van der Waals surface area contributed by atoms with Crippen LogP contribution in [0, 0.1) is 0 Å². The molecular weight excluding hydrogens is 599 g/mol. The molecule has 0 fully saturated rings. The Morgan fingerprint density at radius 3 is 1.96 bits per heavy atom. The van der Waals surface area contributed by atoms with Crippen molar-refractivity contribution in [2.24, 2.45) is 0 Å². The molecule has 228 valence electrons. The summed E-state index contributed by atoms with van der Waals surface area (Å²) in [5.41, 5.74) is 7.27. The van der Waals surface area contributed by atoms with E-state index in [-0.39, 0.29) is 5.41 Å². The molecule has 9 aromatic rings. The van der Waals surface area contributed by atoms with Gasteiger partial charge in [-0.2, -0.15) is 0 Å². The number of nitrogens with zero attached hydrogens (tertiary/aromatic N) is 1. The van der Waals surface area contributed by atoms with E-state index in [2.05, 4.69) is 158 Å². The fourth-order valence-corrected chi connectivity index (χ4v) is 9.79. The maximum absolute atomic E-state index is 4.73. The van der Waals surface area contributed by atoms with Gasteiger partial charge in [0, 0.05) is 42.2 Å². The van der Waals surface area contributed by atoms with Crippen LogP contribution in [-0.2, 0) is 5.41 Å². The van der Waals surface area contributed by atoms with Crippen LogP contribution in [0.3, 0.4) is 0 Å². The number of hydrogen-bond donors (Lipinski definition) is 0. The van der Waals surface area contributed by atoms with Gasteiger partial charge < -0.3 is 4.57 Å². The van der Waals surface area contributed by atoms with Gasteiger partial charge in [0.25, 0.3) is 0 Å². The molecule has 0 bridgehead atoms. The fraction of sp³-hybridized carbons (Fsp3) is 0.0870. The Morgan fingerprint density at radius 2 is 1.23 bits per heavy atom. The summed E-state index contributed by atoms with van der Waals surface area (Å²) < 4.78 is 5.22. The molecule has 0 spiro atoms. The second-order valence-electron chi connectivity index (χ2n) is 13.9. The average molecular weight is 632 g/mol. The molecule has 1 aliphatic carbocycles. The first-order valence-corrected chi connectivity index (χ1v) is 17.6. The number of fused-ring (bicyclic) bond motifs is 16. The van der Waals surface area contributed by atoms with E-state index in [9.17, 15) is 0 Å². The average Bonchev–Trinajstić information content (AvgIpc) is 3.67. The second kappa shape index (κ2) is 10.0. The Kier molecular flexibility index (Phi) is 5.78. The third kappa shape index (κ3) is 3.72.